The summed E-state index contributed by atoms with van der Waals surface area (Å²) in [6, 6.07) is 1.45. The molecular formula is C11H15ClN4O3S. The molecule has 1 saturated heterocycles. The molecule has 1 aliphatic heterocycles. The van der Waals surface area contributed by atoms with E-state index in [0.717, 1.165) is 0 Å². The minimum Gasteiger partial charge on any atom is -0.352 e. The SMILES string of the molecule is NNc1ncc(C(=O)NCC2CCS(=O)(=O)C2)cc1Cl. The van der Waals surface area contributed by atoms with Crippen LogP contribution < -0.4 is 16.6 Å². The van der Waals surface area contributed by atoms with Crippen molar-refractivity contribution in [2.24, 2.45) is 11.8 Å². The summed E-state index contributed by atoms with van der Waals surface area (Å²) in [7, 11) is -2.93. The van der Waals surface area contributed by atoms with Gasteiger partial charge in [0.05, 0.1) is 22.1 Å². The van der Waals surface area contributed by atoms with Crippen molar-refractivity contribution in [3.63, 3.8) is 0 Å². The maximum absolute atomic E-state index is 11.9. The number of sulfone groups is 1. The van der Waals surface area contributed by atoms with E-state index in [2.05, 4.69) is 15.7 Å². The van der Waals surface area contributed by atoms with Gasteiger partial charge >= 0.3 is 0 Å². The number of anilines is 1. The fourth-order valence-corrected chi connectivity index (χ4v) is 4.12. The van der Waals surface area contributed by atoms with Gasteiger partial charge in [-0.3, -0.25) is 4.79 Å². The van der Waals surface area contributed by atoms with E-state index in [1.807, 2.05) is 0 Å². The van der Waals surface area contributed by atoms with Gasteiger partial charge in [-0.1, -0.05) is 11.6 Å². The molecule has 1 unspecified atom stereocenters. The fourth-order valence-electron chi connectivity index (χ4n) is 2.04. The first kappa shape index (κ1) is 15.0. The van der Waals surface area contributed by atoms with Crippen molar-refractivity contribution < 1.29 is 13.2 Å². The molecule has 7 nitrogen and oxygen atoms in total. The molecule has 0 aliphatic carbocycles. The van der Waals surface area contributed by atoms with Gasteiger partial charge in [0.15, 0.2) is 15.7 Å². The Morgan fingerprint density at radius 1 is 1.55 bits per heavy atom. The van der Waals surface area contributed by atoms with Crippen molar-refractivity contribution in [1.82, 2.24) is 10.3 Å². The van der Waals surface area contributed by atoms with Crippen LogP contribution in [-0.2, 0) is 9.84 Å². The van der Waals surface area contributed by atoms with Crippen molar-refractivity contribution in [2.45, 2.75) is 6.42 Å². The molecular weight excluding hydrogens is 304 g/mol. The first-order valence-electron chi connectivity index (χ1n) is 6.02. The van der Waals surface area contributed by atoms with Crippen LogP contribution in [0, 0.1) is 5.92 Å². The lowest BCUT2D eigenvalue weighted by molar-refractivity contribution is 0.0948. The Kier molecular flexibility index (Phi) is 4.46. The molecule has 1 aliphatic rings. The van der Waals surface area contributed by atoms with Crippen LogP contribution in [0.25, 0.3) is 0 Å². The molecule has 0 saturated carbocycles. The molecule has 0 bridgehead atoms. The van der Waals surface area contributed by atoms with Crippen molar-refractivity contribution in [3.05, 3.63) is 22.8 Å². The molecule has 2 rings (SSSR count). The van der Waals surface area contributed by atoms with Crippen LogP contribution >= 0.6 is 11.6 Å². The van der Waals surface area contributed by atoms with Crippen molar-refractivity contribution in [1.29, 1.82) is 0 Å². The summed E-state index contributed by atoms with van der Waals surface area (Å²) in [6.45, 7) is 0.326. The zero-order valence-electron chi connectivity index (χ0n) is 10.6. The summed E-state index contributed by atoms with van der Waals surface area (Å²) >= 11 is 5.87. The monoisotopic (exact) mass is 318 g/mol. The maximum atomic E-state index is 11.9. The molecule has 1 fully saturated rings. The van der Waals surface area contributed by atoms with Crippen LogP contribution in [0.2, 0.25) is 5.02 Å². The van der Waals surface area contributed by atoms with E-state index < -0.39 is 9.84 Å². The number of amides is 1. The van der Waals surface area contributed by atoms with Gasteiger partial charge in [-0.15, -0.1) is 0 Å². The lowest BCUT2D eigenvalue weighted by Crippen LogP contribution is -2.30. The van der Waals surface area contributed by atoms with Crippen LogP contribution in [-0.4, -0.2) is 37.4 Å². The number of hydrazine groups is 1. The second-order valence-electron chi connectivity index (χ2n) is 4.68. The summed E-state index contributed by atoms with van der Waals surface area (Å²) in [5.74, 6) is 5.42. The van der Waals surface area contributed by atoms with E-state index in [4.69, 9.17) is 17.4 Å². The molecule has 110 valence electrons. The summed E-state index contributed by atoms with van der Waals surface area (Å²) < 4.78 is 22.6. The highest BCUT2D eigenvalue weighted by Crippen LogP contribution is 2.20. The number of carbonyl (C=O) groups excluding carboxylic acids is 1. The summed E-state index contributed by atoms with van der Waals surface area (Å²) in [5, 5.41) is 2.93. The normalized spacial score (nSPS) is 20.6. The number of rotatable bonds is 4. The number of nitrogens with zero attached hydrogens (tertiary/aromatic N) is 1. The smallest absolute Gasteiger partial charge is 0.252 e. The molecule has 1 aromatic rings. The number of nitrogens with two attached hydrogens (primary N) is 1. The van der Waals surface area contributed by atoms with Gasteiger partial charge in [-0.2, -0.15) is 0 Å². The number of hydrogen-bond acceptors (Lipinski definition) is 6. The maximum Gasteiger partial charge on any atom is 0.252 e. The highest BCUT2D eigenvalue weighted by molar-refractivity contribution is 7.91. The zero-order valence-corrected chi connectivity index (χ0v) is 12.2. The summed E-state index contributed by atoms with van der Waals surface area (Å²) in [4.78, 5) is 15.8. The number of hydrogen-bond donors (Lipinski definition) is 3. The van der Waals surface area contributed by atoms with E-state index in [1.165, 1.54) is 12.3 Å². The van der Waals surface area contributed by atoms with Crippen LogP contribution in [0.1, 0.15) is 16.8 Å². The summed E-state index contributed by atoms with van der Waals surface area (Å²) in [6.07, 6.45) is 1.93. The first-order valence-corrected chi connectivity index (χ1v) is 8.22. The number of pyridine rings is 1. The second-order valence-corrected chi connectivity index (χ2v) is 7.31. The highest BCUT2D eigenvalue weighted by atomic mass is 35.5. The number of aromatic nitrogens is 1. The Labute approximate surface area is 121 Å². The number of carbonyl (C=O) groups is 1. The third-order valence-corrected chi connectivity index (χ3v) is 5.24. The predicted molar refractivity (Wildman–Crippen MR) is 76.2 cm³/mol. The molecule has 20 heavy (non-hydrogen) atoms. The highest BCUT2D eigenvalue weighted by Gasteiger charge is 2.28. The molecule has 9 heteroatoms. The van der Waals surface area contributed by atoms with E-state index in [-0.39, 0.29) is 34.2 Å². The largest absolute Gasteiger partial charge is 0.352 e. The quantitative estimate of drug-likeness (QED) is 0.539. The molecule has 1 atom stereocenters. The van der Waals surface area contributed by atoms with Gasteiger partial charge in [0.2, 0.25) is 0 Å². The van der Waals surface area contributed by atoms with E-state index >= 15 is 0 Å². The van der Waals surface area contributed by atoms with Gasteiger partial charge in [0.1, 0.15) is 0 Å². The average Bonchev–Trinajstić information content (AvgIpc) is 2.75. The Hall–Kier alpha value is -1.38. The van der Waals surface area contributed by atoms with Crippen molar-refractivity contribution in [2.75, 3.05) is 23.5 Å². The van der Waals surface area contributed by atoms with Gasteiger partial charge < -0.3 is 10.7 Å². The fraction of sp³-hybridized carbons (Fsp3) is 0.455. The topological polar surface area (TPSA) is 114 Å². The summed E-state index contributed by atoms with van der Waals surface area (Å²) in [5.41, 5.74) is 2.61. The lowest BCUT2D eigenvalue weighted by Gasteiger charge is -2.10. The Balaban J connectivity index is 1.94. The zero-order chi connectivity index (χ0) is 14.8. The van der Waals surface area contributed by atoms with Gasteiger partial charge in [-0.25, -0.2) is 19.2 Å². The van der Waals surface area contributed by atoms with E-state index in [0.29, 0.717) is 18.5 Å². The standard InChI is InChI=1S/C11H15ClN4O3S/c12-9-3-8(5-14-10(9)16-13)11(17)15-4-7-1-2-20(18,19)6-7/h3,5,7H,1-2,4,6,13H2,(H,14,16)(H,15,17). The molecule has 1 amide bonds. The number of halogens is 1. The van der Waals surface area contributed by atoms with Crippen LogP contribution in [0.3, 0.4) is 0 Å². The van der Waals surface area contributed by atoms with Crippen molar-refractivity contribution >= 4 is 33.2 Å². The number of nitrogen functional groups attached to an aromatic ring is 1. The minimum atomic E-state index is -2.93. The first-order chi connectivity index (χ1) is 9.41. The number of nitrogens with one attached hydrogen (secondary N) is 2. The van der Waals surface area contributed by atoms with Crippen molar-refractivity contribution in [3.8, 4) is 0 Å². The van der Waals surface area contributed by atoms with Gasteiger partial charge in [0, 0.05) is 12.7 Å². The molecule has 2 heterocycles. The Bertz CT molecular complexity index is 620. The Morgan fingerprint density at radius 2 is 2.30 bits per heavy atom. The molecule has 1 aromatic heterocycles. The predicted octanol–water partition coefficient (Wildman–Crippen LogP) is 0.185. The molecule has 0 radical (unpaired) electrons. The molecule has 0 aromatic carbocycles. The van der Waals surface area contributed by atoms with Crippen LogP contribution in [0.5, 0.6) is 0 Å². The Morgan fingerprint density at radius 3 is 2.85 bits per heavy atom. The third kappa shape index (κ3) is 3.59. The minimum absolute atomic E-state index is 0.0302. The molecule has 4 N–H and O–H groups in total. The van der Waals surface area contributed by atoms with Gasteiger partial charge in [-0.05, 0) is 18.4 Å². The van der Waals surface area contributed by atoms with E-state index in [9.17, 15) is 13.2 Å². The van der Waals surface area contributed by atoms with Gasteiger partial charge in [0.25, 0.3) is 5.91 Å². The molecule has 0 spiro atoms. The van der Waals surface area contributed by atoms with Crippen LogP contribution in [0.15, 0.2) is 12.3 Å². The average molecular weight is 319 g/mol. The van der Waals surface area contributed by atoms with Crippen LogP contribution in [0.4, 0.5) is 5.82 Å². The second kappa shape index (κ2) is 5.94. The lowest BCUT2D eigenvalue weighted by atomic mass is 10.1. The van der Waals surface area contributed by atoms with E-state index in [1.54, 1.807) is 0 Å². The third-order valence-electron chi connectivity index (χ3n) is 3.12.